The highest BCUT2D eigenvalue weighted by molar-refractivity contribution is 6.03. The largest absolute Gasteiger partial charge is 0.462 e. The number of hydrogen-bond acceptors (Lipinski definition) is 4. The summed E-state index contributed by atoms with van der Waals surface area (Å²) in [4.78, 5) is 25.1. The average Bonchev–Trinajstić information content (AvgIpc) is 2.83. The fourth-order valence-electron chi connectivity index (χ4n) is 4.47. The molecule has 1 fully saturated rings. The lowest BCUT2D eigenvalue weighted by molar-refractivity contribution is 0.0390. The fraction of sp³-hybridized carbons (Fsp3) is 0.714. The topological polar surface area (TPSA) is 52.6 Å². The molecule has 1 saturated carbocycles. The van der Waals surface area contributed by atoms with E-state index in [2.05, 4.69) is 6.92 Å². The van der Waals surface area contributed by atoms with Crippen molar-refractivity contribution in [2.45, 2.75) is 110 Å². The van der Waals surface area contributed by atoms with E-state index in [-0.39, 0.29) is 0 Å². The van der Waals surface area contributed by atoms with Crippen LogP contribution >= 0.6 is 0 Å². The summed E-state index contributed by atoms with van der Waals surface area (Å²) in [6.45, 7) is 3.10. The van der Waals surface area contributed by atoms with Crippen molar-refractivity contribution in [1.29, 1.82) is 0 Å². The third-order valence-corrected chi connectivity index (χ3v) is 6.52. The molecule has 0 saturated heterocycles. The molecule has 180 valence electrons. The maximum Gasteiger partial charge on any atom is 0.339 e. The summed E-state index contributed by atoms with van der Waals surface area (Å²) in [6.07, 6.45) is 19.8. The number of unbranched alkanes of at least 4 members (excludes halogenated alkanes) is 10. The minimum atomic E-state index is -0.428. The lowest BCUT2D eigenvalue weighted by atomic mass is 9.90. The molecule has 0 radical (unpaired) electrons. The van der Waals surface area contributed by atoms with Crippen LogP contribution in [0.4, 0.5) is 0 Å². The Bertz CT molecular complexity index is 649. The van der Waals surface area contributed by atoms with E-state index in [1.165, 1.54) is 77.0 Å². The van der Waals surface area contributed by atoms with Gasteiger partial charge in [-0.3, -0.25) is 0 Å². The smallest absolute Gasteiger partial charge is 0.339 e. The molecule has 32 heavy (non-hydrogen) atoms. The first-order chi connectivity index (χ1) is 15.7. The number of benzene rings is 1. The molecule has 4 heteroatoms. The van der Waals surface area contributed by atoms with Crippen molar-refractivity contribution in [2.24, 2.45) is 5.92 Å². The van der Waals surface area contributed by atoms with E-state index in [9.17, 15) is 9.59 Å². The highest BCUT2D eigenvalue weighted by atomic mass is 16.5. The van der Waals surface area contributed by atoms with Gasteiger partial charge in [0.15, 0.2) is 0 Å². The van der Waals surface area contributed by atoms with E-state index >= 15 is 0 Å². The molecule has 2 rings (SSSR count). The van der Waals surface area contributed by atoms with Gasteiger partial charge in [0.1, 0.15) is 0 Å². The van der Waals surface area contributed by atoms with Gasteiger partial charge in [-0.2, -0.15) is 0 Å². The Labute approximate surface area is 195 Å². The number of rotatable bonds is 16. The van der Waals surface area contributed by atoms with Gasteiger partial charge < -0.3 is 9.47 Å². The lowest BCUT2D eigenvalue weighted by Crippen LogP contribution is -2.19. The van der Waals surface area contributed by atoms with Crippen molar-refractivity contribution in [3.63, 3.8) is 0 Å². The zero-order chi connectivity index (χ0) is 22.9. The van der Waals surface area contributed by atoms with E-state index in [0.717, 1.165) is 25.7 Å². The van der Waals surface area contributed by atoms with Crippen LogP contribution in [0, 0.1) is 5.92 Å². The van der Waals surface area contributed by atoms with E-state index in [4.69, 9.17) is 9.47 Å². The Balaban J connectivity index is 1.60. The average molecular weight is 445 g/mol. The standard InChI is InChI=1S/C28H44O4/c1-2-3-4-5-6-7-8-9-10-11-17-22-31-27(29)25-20-15-16-21-26(25)28(30)32-23-24-18-13-12-14-19-24/h15-16,20-21,24H,2-14,17-19,22-23H2,1H3. The molecule has 1 aromatic carbocycles. The molecule has 0 aromatic heterocycles. The van der Waals surface area contributed by atoms with Gasteiger partial charge in [-0.05, 0) is 37.3 Å². The molecule has 0 unspecified atom stereocenters. The van der Waals surface area contributed by atoms with Gasteiger partial charge in [0.2, 0.25) is 0 Å². The third-order valence-electron chi connectivity index (χ3n) is 6.52. The molecule has 1 aliphatic rings. The van der Waals surface area contributed by atoms with E-state index in [1.54, 1.807) is 24.3 Å². The van der Waals surface area contributed by atoms with Crippen molar-refractivity contribution >= 4 is 11.9 Å². The van der Waals surface area contributed by atoms with Crippen molar-refractivity contribution in [2.75, 3.05) is 13.2 Å². The summed E-state index contributed by atoms with van der Waals surface area (Å²) < 4.78 is 11.0. The van der Waals surface area contributed by atoms with Crippen LogP contribution in [-0.4, -0.2) is 25.2 Å². The maximum absolute atomic E-state index is 12.6. The first kappa shape index (κ1) is 26.4. The second-order valence-corrected chi connectivity index (χ2v) is 9.32. The maximum atomic E-state index is 12.6. The quantitative estimate of drug-likeness (QED) is 0.192. The number of hydrogen-bond donors (Lipinski definition) is 0. The van der Waals surface area contributed by atoms with Crippen LogP contribution < -0.4 is 0 Å². The molecule has 0 spiro atoms. The molecule has 1 aliphatic carbocycles. The van der Waals surface area contributed by atoms with Gasteiger partial charge in [0.25, 0.3) is 0 Å². The van der Waals surface area contributed by atoms with Crippen molar-refractivity contribution in [3.05, 3.63) is 35.4 Å². The highest BCUT2D eigenvalue weighted by Gasteiger charge is 2.21. The minimum absolute atomic E-state index is 0.309. The molecule has 0 aliphatic heterocycles. The summed E-state index contributed by atoms with van der Waals surface area (Å²) in [5.74, 6) is -0.395. The Morgan fingerprint density at radius 1 is 0.719 bits per heavy atom. The Morgan fingerprint density at radius 3 is 1.78 bits per heavy atom. The Morgan fingerprint density at radius 2 is 1.22 bits per heavy atom. The summed E-state index contributed by atoms with van der Waals surface area (Å²) in [6, 6.07) is 6.83. The van der Waals surface area contributed by atoms with Crippen molar-refractivity contribution in [1.82, 2.24) is 0 Å². The molecule has 0 amide bonds. The van der Waals surface area contributed by atoms with Crippen LogP contribution in [0.2, 0.25) is 0 Å². The van der Waals surface area contributed by atoms with Gasteiger partial charge in [0, 0.05) is 0 Å². The van der Waals surface area contributed by atoms with E-state index in [0.29, 0.717) is 30.3 Å². The van der Waals surface area contributed by atoms with Gasteiger partial charge in [-0.1, -0.05) is 103 Å². The first-order valence-electron chi connectivity index (χ1n) is 13.2. The van der Waals surface area contributed by atoms with Crippen molar-refractivity contribution in [3.8, 4) is 0 Å². The number of esters is 2. The van der Waals surface area contributed by atoms with Gasteiger partial charge >= 0.3 is 11.9 Å². The SMILES string of the molecule is CCCCCCCCCCCCCOC(=O)c1ccccc1C(=O)OCC1CCCCC1. The molecular formula is C28H44O4. The summed E-state index contributed by atoms with van der Waals surface area (Å²) >= 11 is 0. The molecule has 0 N–H and O–H groups in total. The minimum Gasteiger partial charge on any atom is -0.462 e. The van der Waals surface area contributed by atoms with E-state index in [1.807, 2.05) is 0 Å². The first-order valence-corrected chi connectivity index (χ1v) is 13.2. The zero-order valence-electron chi connectivity index (χ0n) is 20.2. The second kappa shape index (κ2) is 16.7. The van der Waals surface area contributed by atoms with Gasteiger partial charge in [-0.15, -0.1) is 0 Å². The Kier molecular flexibility index (Phi) is 13.8. The molecule has 4 nitrogen and oxygen atoms in total. The summed E-state index contributed by atoms with van der Waals surface area (Å²) in [5, 5.41) is 0. The molecule has 1 aromatic rings. The van der Waals surface area contributed by atoms with Gasteiger partial charge in [0.05, 0.1) is 24.3 Å². The molecular weight excluding hydrogens is 400 g/mol. The number of carbonyl (C=O) groups is 2. The Hall–Kier alpha value is -1.84. The highest BCUT2D eigenvalue weighted by Crippen LogP contribution is 2.24. The number of carbonyl (C=O) groups excluding carboxylic acids is 2. The third kappa shape index (κ3) is 10.7. The van der Waals surface area contributed by atoms with Crippen LogP contribution in [0.1, 0.15) is 130 Å². The number of ether oxygens (including phenoxy) is 2. The molecule has 0 atom stereocenters. The lowest BCUT2D eigenvalue weighted by Gasteiger charge is -2.21. The van der Waals surface area contributed by atoms with Crippen LogP contribution in [0.5, 0.6) is 0 Å². The molecule has 0 bridgehead atoms. The predicted octanol–water partition coefficient (Wildman–Crippen LogP) is 7.89. The normalized spacial score (nSPS) is 14.3. The van der Waals surface area contributed by atoms with Crippen LogP contribution in [0.25, 0.3) is 0 Å². The predicted molar refractivity (Wildman–Crippen MR) is 130 cm³/mol. The monoisotopic (exact) mass is 444 g/mol. The summed E-state index contributed by atoms with van der Waals surface area (Å²) in [5.41, 5.74) is 0.622. The van der Waals surface area contributed by atoms with Crippen molar-refractivity contribution < 1.29 is 19.1 Å². The summed E-state index contributed by atoms with van der Waals surface area (Å²) in [7, 11) is 0. The van der Waals surface area contributed by atoms with Crippen LogP contribution in [-0.2, 0) is 9.47 Å². The second-order valence-electron chi connectivity index (χ2n) is 9.32. The van der Waals surface area contributed by atoms with Crippen LogP contribution in [0.3, 0.4) is 0 Å². The van der Waals surface area contributed by atoms with Gasteiger partial charge in [-0.25, -0.2) is 9.59 Å². The van der Waals surface area contributed by atoms with Crippen LogP contribution in [0.15, 0.2) is 24.3 Å². The van der Waals surface area contributed by atoms with E-state index < -0.39 is 11.9 Å². The zero-order valence-corrected chi connectivity index (χ0v) is 20.2. The fourth-order valence-corrected chi connectivity index (χ4v) is 4.47. The molecule has 0 heterocycles.